The smallest absolute Gasteiger partial charge is 0.251 e. The Hall–Kier alpha value is -2.40. The molecule has 1 unspecified atom stereocenters. The van der Waals surface area contributed by atoms with Crippen molar-refractivity contribution in [1.82, 2.24) is 10.3 Å². The molecule has 0 saturated carbocycles. The number of nitrogens with one attached hydrogen (secondary N) is 2. The molecule has 0 spiro atoms. The Bertz CT molecular complexity index is 603. The number of carbonyl (C=O) groups excluding carboxylic acids is 2. The second kappa shape index (κ2) is 6.85. The van der Waals surface area contributed by atoms with Crippen molar-refractivity contribution in [2.24, 2.45) is 0 Å². The molecule has 3 N–H and O–H groups in total. The maximum absolute atomic E-state index is 12.1. The number of hydrogen-bond acceptors (Lipinski definition) is 3. The van der Waals surface area contributed by atoms with E-state index in [2.05, 4.69) is 10.3 Å². The Morgan fingerprint density at radius 1 is 1.14 bits per heavy atom. The SMILES string of the molecule is CC(CCO)NC(=O)c1ccc(C(=O)c2cc[nH]c2)cc1. The van der Waals surface area contributed by atoms with Crippen molar-refractivity contribution in [3.05, 3.63) is 59.4 Å². The summed E-state index contributed by atoms with van der Waals surface area (Å²) in [6.45, 7) is 1.86. The molecule has 1 atom stereocenters. The van der Waals surface area contributed by atoms with E-state index in [4.69, 9.17) is 5.11 Å². The summed E-state index contributed by atoms with van der Waals surface area (Å²) >= 11 is 0. The molecule has 0 aliphatic heterocycles. The van der Waals surface area contributed by atoms with Gasteiger partial charge in [-0.2, -0.15) is 0 Å². The first-order chi connectivity index (χ1) is 10.1. The number of aromatic amines is 1. The fraction of sp³-hybridized carbons (Fsp3) is 0.250. The van der Waals surface area contributed by atoms with Crippen molar-refractivity contribution < 1.29 is 14.7 Å². The van der Waals surface area contributed by atoms with Gasteiger partial charge in [-0.25, -0.2) is 0 Å². The normalized spacial score (nSPS) is 11.9. The van der Waals surface area contributed by atoms with Crippen LogP contribution in [0.2, 0.25) is 0 Å². The molecule has 0 fully saturated rings. The van der Waals surface area contributed by atoms with E-state index >= 15 is 0 Å². The van der Waals surface area contributed by atoms with Crippen LogP contribution in [0.25, 0.3) is 0 Å². The number of H-pyrrole nitrogens is 1. The van der Waals surface area contributed by atoms with Crippen LogP contribution in [0, 0.1) is 0 Å². The molecule has 0 bridgehead atoms. The zero-order valence-corrected chi connectivity index (χ0v) is 11.8. The van der Waals surface area contributed by atoms with Crippen LogP contribution in [0.4, 0.5) is 0 Å². The highest BCUT2D eigenvalue weighted by molar-refractivity contribution is 6.09. The van der Waals surface area contributed by atoms with E-state index in [0.717, 1.165) is 0 Å². The van der Waals surface area contributed by atoms with E-state index in [1.807, 2.05) is 6.92 Å². The number of amides is 1. The predicted molar refractivity (Wildman–Crippen MR) is 79.3 cm³/mol. The van der Waals surface area contributed by atoms with Crippen molar-refractivity contribution in [1.29, 1.82) is 0 Å². The molecule has 1 aromatic heterocycles. The van der Waals surface area contributed by atoms with E-state index in [0.29, 0.717) is 23.1 Å². The molecule has 0 aliphatic rings. The zero-order valence-electron chi connectivity index (χ0n) is 11.8. The first-order valence-corrected chi connectivity index (χ1v) is 6.81. The summed E-state index contributed by atoms with van der Waals surface area (Å²) in [4.78, 5) is 26.9. The highest BCUT2D eigenvalue weighted by Gasteiger charge is 2.12. The van der Waals surface area contributed by atoms with Crippen LogP contribution < -0.4 is 5.32 Å². The number of carbonyl (C=O) groups is 2. The van der Waals surface area contributed by atoms with Gasteiger partial charge in [-0.15, -0.1) is 0 Å². The number of hydrogen-bond donors (Lipinski definition) is 3. The molecular weight excluding hydrogens is 268 g/mol. The molecule has 21 heavy (non-hydrogen) atoms. The maximum Gasteiger partial charge on any atom is 0.251 e. The van der Waals surface area contributed by atoms with Gasteiger partial charge in [-0.3, -0.25) is 9.59 Å². The van der Waals surface area contributed by atoms with Gasteiger partial charge >= 0.3 is 0 Å². The second-order valence-corrected chi connectivity index (χ2v) is 4.89. The average Bonchev–Trinajstić information content (AvgIpc) is 3.01. The molecule has 0 radical (unpaired) electrons. The highest BCUT2D eigenvalue weighted by Crippen LogP contribution is 2.11. The Morgan fingerprint density at radius 2 is 1.81 bits per heavy atom. The number of aliphatic hydroxyl groups is 1. The minimum Gasteiger partial charge on any atom is -0.396 e. The molecule has 5 heteroatoms. The van der Waals surface area contributed by atoms with Crippen LogP contribution in [0.3, 0.4) is 0 Å². The summed E-state index contributed by atoms with van der Waals surface area (Å²) in [5.41, 5.74) is 1.61. The molecular formula is C16H18N2O3. The zero-order chi connectivity index (χ0) is 15.2. The van der Waals surface area contributed by atoms with Crippen molar-refractivity contribution in [3.63, 3.8) is 0 Å². The molecule has 1 heterocycles. The van der Waals surface area contributed by atoms with Crippen molar-refractivity contribution in [2.45, 2.75) is 19.4 Å². The Balaban J connectivity index is 2.05. The largest absolute Gasteiger partial charge is 0.396 e. The third-order valence-corrected chi connectivity index (χ3v) is 3.21. The van der Waals surface area contributed by atoms with E-state index in [-0.39, 0.29) is 24.3 Å². The van der Waals surface area contributed by atoms with Gasteiger partial charge in [0.05, 0.1) is 0 Å². The predicted octanol–water partition coefficient (Wildman–Crippen LogP) is 1.75. The number of rotatable bonds is 6. The van der Waals surface area contributed by atoms with Gasteiger partial charge in [0.25, 0.3) is 5.91 Å². The summed E-state index contributed by atoms with van der Waals surface area (Å²) in [6.07, 6.45) is 3.84. The number of aromatic nitrogens is 1. The highest BCUT2D eigenvalue weighted by atomic mass is 16.3. The van der Waals surface area contributed by atoms with E-state index < -0.39 is 0 Å². The standard InChI is InChI=1S/C16H18N2O3/c1-11(7-9-19)18-16(21)13-4-2-12(3-5-13)15(20)14-6-8-17-10-14/h2-6,8,10-11,17,19H,7,9H2,1H3,(H,18,21). The van der Waals surface area contributed by atoms with Crippen LogP contribution in [0.15, 0.2) is 42.7 Å². The first kappa shape index (κ1) is 15.0. The minimum absolute atomic E-state index is 0.0333. The molecule has 1 aromatic carbocycles. The van der Waals surface area contributed by atoms with Gasteiger partial charge in [0.15, 0.2) is 5.78 Å². The number of aliphatic hydroxyl groups excluding tert-OH is 1. The second-order valence-electron chi connectivity index (χ2n) is 4.89. The topological polar surface area (TPSA) is 82.2 Å². The van der Waals surface area contributed by atoms with Crippen LogP contribution in [0.5, 0.6) is 0 Å². The fourth-order valence-corrected chi connectivity index (χ4v) is 1.98. The monoisotopic (exact) mass is 286 g/mol. The maximum atomic E-state index is 12.1. The molecule has 0 saturated heterocycles. The third-order valence-electron chi connectivity index (χ3n) is 3.21. The lowest BCUT2D eigenvalue weighted by atomic mass is 10.0. The summed E-state index contributed by atoms with van der Waals surface area (Å²) in [5.74, 6) is -0.298. The summed E-state index contributed by atoms with van der Waals surface area (Å²) in [6, 6.07) is 8.15. The van der Waals surface area contributed by atoms with Gasteiger partial charge in [-0.1, -0.05) is 12.1 Å². The fourth-order valence-electron chi connectivity index (χ4n) is 1.98. The van der Waals surface area contributed by atoms with Crippen LogP contribution >= 0.6 is 0 Å². The molecule has 2 aromatic rings. The van der Waals surface area contributed by atoms with Gasteiger partial charge in [-0.05, 0) is 31.5 Å². The Morgan fingerprint density at radius 3 is 2.38 bits per heavy atom. The lowest BCUT2D eigenvalue weighted by Gasteiger charge is -2.12. The number of ketones is 1. The van der Waals surface area contributed by atoms with Gasteiger partial charge < -0.3 is 15.4 Å². The average molecular weight is 286 g/mol. The quantitative estimate of drug-likeness (QED) is 0.707. The van der Waals surface area contributed by atoms with Gasteiger partial charge in [0, 0.05) is 41.7 Å². The van der Waals surface area contributed by atoms with Gasteiger partial charge in [0.2, 0.25) is 0 Å². The number of benzene rings is 1. The molecule has 0 aliphatic carbocycles. The Kier molecular flexibility index (Phi) is 4.90. The summed E-state index contributed by atoms with van der Waals surface area (Å²) < 4.78 is 0. The van der Waals surface area contributed by atoms with E-state index in [1.165, 1.54) is 0 Å². The van der Waals surface area contributed by atoms with Crippen LogP contribution in [-0.4, -0.2) is 34.4 Å². The molecule has 110 valence electrons. The van der Waals surface area contributed by atoms with E-state index in [9.17, 15) is 9.59 Å². The summed E-state index contributed by atoms with van der Waals surface area (Å²) in [7, 11) is 0. The van der Waals surface area contributed by atoms with Gasteiger partial charge in [0.1, 0.15) is 0 Å². The van der Waals surface area contributed by atoms with Crippen LogP contribution in [-0.2, 0) is 0 Å². The first-order valence-electron chi connectivity index (χ1n) is 6.81. The van der Waals surface area contributed by atoms with Crippen molar-refractivity contribution in [3.8, 4) is 0 Å². The minimum atomic E-state index is -0.211. The third kappa shape index (κ3) is 3.79. The van der Waals surface area contributed by atoms with Crippen LogP contribution in [0.1, 0.15) is 39.6 Å². The Labute approximate surface area is 123 Å². The lowest BCUT2D eigenvalue weighted by molar-refractivity contribution is 0.0933. The summed E-state index contributed by atoms with van der Waals surface area (Å²) in [5, 5.41) is 11.6. The van der Waals surface area contributed by atoms with E-state index in [1.54, 1.807) is 42.7 Å². The molecule has 5 nitrogen and oxygen atoms in total. The van der Waals surface area contributed by atoms with Crippen molar-refractivity contribution in [2.75, 3.05) is 6.61 Å². The lowest BCUT2D eigenvalue weighted by Crippen LogP contribution is -2.33. The molecule has 2 rings (SSSR count). The van der Waals surface area contributed by atoms with Crippen molar-refractivity contribution >= 4 is 11.7 Å². The molecule has 1 amide bonds.